The van der Waals surface area contributed by atoms with Gasteiger partial charge < -0.3 is 4.74 Å². The SMILES string of the molecule is Cc1cccc(C)c1OCC(=O)N/N=C/c1ccc(Cl)c([N+](=O)[O-])c1. The Bertz CT molecular complexity index is 816. The zero-order valence-electron chi connectivity index (χ0n) is 13.7. The van der Waals surface area contributed by atoms with Crippen molar-refractivity contribution < 1.29 is 14.5 Å². The van der Waals surface area contributed by atoms with E-state index >= 15 is 0 Å². The molecule has 0 heterocycles. The van der Waals surface area contributed by atoms with Gasteiger partial charge in [0, 0.05) is 11.6 Å². The molecule has 2 aromatic rings. The van der Waals surface area contributed by atoms with Gasteiger partial charge in [0.1, 0.15) is 10.8 Å². The fourth-order valence-corrected chi connectivity index (χ4v) is 2.31. The van der Waals surface area contributed by atoms with E-state index in [-0.39, 0.29) is 17.3 Å². The van der Waals surface area contributed by atoms with Gasteiger partial charge in [0.15, 0.2) is 6.61 Å². The van der Waals surface area contributed by atoms with Crippen LogP contribution in [-0.2, 0) is 4.79 Å². The molecule has 0 saturated carbocycles. The van der Waals surface area contributed by atoms with Crippen LogP contribution in [-0.4, -0.2) is 23.7 Å². The number of nitrogens with one attached hydrogen (secondary N) is 1. The first-order chi connectivity index (χ1) is 11.9. The number of nitro groups is 1. The third kappa shape index (κ3) is 5.02. The number of nitrogens with zero attached hydrogens (tertiary/aromatic N) is 2. The van der Waals surface area contributed by atoms with Crippen LogP contribution in [0.2, 0.25) is 5.02 Å². The van der Waals surface area contributed by atoms with Crippen molar-refractivity contribution in [3.63, 3.8) is 0 Å². The second kappa shape index (κ2) is 8.25. The lowest BCUT2D eigenvalue weighted by atomic mass is 10.1. The Labute approximate surface area is 149 Å². The van der Waals surface area contributed by atoms with Crippen LogP contribution in [0.25, 0.3) is 0 Å². The number of carbonyl (C=O) groups excluding carboxylic acids is 1. The average molecular weight is 362 g/mol. The van der Waals surface area contributed by atoms with Crippen molar-refractivity contribution in [1.82, 2.24) is 5.43 Å². The summed E-state index contributed by atoms with van der Waals surface area (Å²) < 4.78 is 5.51. The van der Waals surface area contributed by atoms with Gasteiger partial charge >= 0.3 is 0 Å². The molecule has 0 aliphatic carbocycles. The van der Waals surface area contributed by atoms with Gasteiger partial charge in [-0.05, 0) is 31.0 Å². The van der Waals surface area contributed by atoms with Crippen LogP contribution in [0.4, 0.5) is 5.69 Å². The van der Waals surface area contributed by atoms with Crippen molar-refractivity contribution in [2.45, 2.75) is 13.8 Å². The molecule has 7 nitrogen and oxygen atoms in total. The minimum absolute atomic E-state index is 0.0354. The van der Waals surface area contributed by atoms with E-state index in [1.165, 1.54) is 18.3 Å². The number of benzene rings is 2. The van der Waals surface area contributed by atoms with Crippen LogP contribution in [0.5, 0.6) is 5.75 Å². The van der Waals surface area contributed by atoms with Crippen molar-refractivity contribution in [3.8, 4) is 5.75 Å². The van der Waals surface area contributed by atoms with E-state index in [1.807, 2.05) is 32.0 Å². The third-order valence-corrected chi connectivity index (χ3v) is 3.65. The van der Waals surface area contributed by atoms with Crippen LogP contribution >= 0.6 is 11.6 Å². The predicted molar refractivity (Wildman–Crippen MR) is 95.3 cm³/mol. The fourth-order valence-electron chi connectivity index (χ4n) is 2.13. The number of hydrazone groups is 1. The largest absolute Gasteiger partial charge is 0.483 e. The third-order valence-electron chi connectivity index (χ3n) is 3.33. The molecule has 0 fully saturated rings. The first-order valence-electron chi connectivity index (χ1n) is 7.33. The summed E-state index contributed by atoms with van der Waals surface area (Å²) in [5.74, 6) is 0.220. The number of para-hydroxylation sites is 1. The number of halogens is 1. The number of aryl methyl sites for hydroxylation is 2. The molecule has 0 spiro atoms. The zero-order chi connectivity index (χ0) is 18.4. The molecule has 0 saturated heterocycles. The van der Waals surface area contributed by atoms with E-state index in [9.17, 15) is 14.9 Å². The Balaban J connectivity index is 1.93. The number of hydrogen-bond donors (Lipinski definition) is 1. The summed E-state index contributed by atoms with van der Waals surface area (Å²) in [4.78, 5) is 22.0. The van der Waals surface area contributed by atoms with Gasteiger partial charge in [-0.3, -0.25) is 14.9 Å². The monoisotopic (exact) mass is 361 g/mol. The maximum absolute atomic E-state index is 11.8. The Morgan fingerprint density at radius 1 is 1.32 bits per heavy atom. The summed E-state index contributed by atoms with van der Waals surface area (Å²) in [6, 6.07) is 9.92. The van der Waals surface area contributed by atoms with Crippen molar-refractivity contribution in [2.75, 3.05) is 6.61 Å². The van der Waals surface area contributed by atoms with Crippen LogP contribution in [0, 0.1) is 24.0 Å². The molecule has 0 radical (unpaired) electrons. The Hall–Kier alpha value is -2.93. The summed E-state index contributed by atoms with van der Waals surface area (Å²) >= 11 is 5.73. The second-order valence-corrected chi connectivity index (χ2v) is 5.68. The van der Waals surface area contributed by atoms with Gasteiger partial charge in [-0.15, -0.1) is 0 Å². The highest BCUT2D eigenvalue weighted by atomic mass is 35.5. The summed E-state index contributed by atoms with van der Waals surface area (Å²) in [6.07, 6.45) is 1.29. The molecule has 8 heteroatoms. The lowest BCUT2D eigenvalue weighted by molar-refractivity contribution is -0.384. The predicted octanol–water partition coefficient (Wildman–Crippen LogP) is 3.39. The normalized spacial score (nSPS) is 10.7. The molecule has 2 aromatic carbocycles. The highest BCUT2D eigenvalue weighted by Gasteiger charge is 2.12. The number of carbonyl (C=O) groups is 1. The summed E-state index contributed by atoms with van der Waals surface area (Å²) in [6.45, 7) is 3.60. The number of nitro benzene ring substituents is 1. The topological polar surface area (TPSA) is 93.8 Å². The van der Waals surface area contributed by atoms with Crippen LogP contribution in [0.15, 0.2) is 41.5 Å². The standard InChI is InChI=1S/C17H16ClN3O4/c1-11-4-3-5-12(2)17(11)25-10-16(22)20-19-9-13-6-7-14(18)15(8-13)21(23)24/h3-9H,10H2,1-2H3,(H,20,22)/b19-9+. The Morgan fingerprint density at radius 3 is 2.64 bits per heavy atom. The molecule has 2 rings (SSSR count). The smallest absolute Gasteiger partial charge is 0.288 e. The first-order valence-corrected chi connectivity index (χ1v) is 7.71. The van der Waals surface area contributed by atoms with Crippen molar-refractivity contribution in [2.24, 2.45) is 5.10 Å². The van der Waals surface area contributed by atoms with Crippen molar-refractivity contribution in [1.29, 1.82) is 0 Å². The van der Waals surface area contributed by atoms with E-state index in [2.05, 4.69) is 10.5 Å². The van der Waals surface area contributed by atoms with E-state index in [4.69, 9.17) is 16.3 Å². The fraction of sp³-hybridized carbons (Fsp3) is 0.176. The van der Waals surface area contributed by atoms with Gasteiger partial charge in [-0.1, -0.05) is 35.9 Å². The van der Waals surface area contributed by atoms with Crippen LogP contribution < -0.4 is 10.2 Å². The number of ether oxygens (including phenoxy) is 1. The molecule has 0 aliphatic rings. The average Bonchev–Trinajstić information content (AvgIpc) is 2.55. The minimum Gasteiger partial charge on any atom is -0.483 e. The highest BCUT2D eigenvalue weighted by molar-refractivity contribution is 6.32. The van der Waals surface area contributed by atoms with Gasteiger partial charge in [0.25, 0.3) is 11.6 Å². The molecule has 0 atom stereocenters. The van der Waals surface area contributed by atoms with Gasteiger partial charge in [-0.25, -0.2) is 5.43 Å². The Morgan fingerprint density at radius 2 is 2.00 bits per heavy atom. The molecule has 130 valence electrons. The lowest BCUT2D eigenvalue weighted by Crippen LogP contribution is -2.25. The van der Waals surface area contributed by atoms with Gasteiger partial charge in [0.2, 0.25) is 0 Å². The molecular formula is C17H16ClN3O4. The molecule has 0 aliphatic heterocycles. The summed E-state index contributed by atoms with van der Waals surface area (Å²) in [5.41, 5.74) is 4.39. The maximum atomic E-state index is 11.8. The zero-order valence-corrected chi connectivity index (χ0v) is 14.4. The summed E-state index contributed by atoms with van der Waals surface area (Å²) in [5, 5.41) is 14.6. The molecule has 0 unspecified atom stereocenters. The molecule has 0 aromatic heterocycles. The van der Waals surface area contributed by atoms with Crippen LogP contribution in [0.3, 0.4) is 0 Å². The van der Waals surface area contributed by atoms with Gasteiger partial charge in [-0.2, -0.15) is 5.10 Å². The molecule has 1 N–H and O–H groups in total. The quantitative estimate of drug-likeness (QED) is 0.484. The minimum atomic E-state index is -0.587. The number of rotatable bonds is 6. The molecule has 1 amide bonds. The maximum Gasteiger partial charge on any atom is 0.288 e. The molecule has 25 heavy (non-hydrogen) atoms. The molecule has 0 bridgehead atoms. The second-order valence-electron chi connectivity index (χ2n) is 5.27. The molecular weight excluding hydrogens is 346 g/mol. The number of amides is 1. The van der Waals surface area contributed by atoms with E-state index < -0.39 is 10.8 Å². The number of hydrogen-bond acceptors (Lipinski definition) is 5. The van der Waals surface area contributed by atoms with E-state index in [0.717, 1.165) is 11.1 Å². The van der Waals surface area contributed by atoms with Crippen molar-refractivity contribution >= 4 is 29.4 Å². The lowest BCUT2D eigenvalue weighted by Gasteiger charge is -2.10. The Kier molecular flexibility index (Phi) is 6.08. The van der Waals surface area contributed by atoms with E-state index in [1.54, 1.807) is 6.07 Å². The first kappa shape index (κ1) is 18.4. The van der Waals surface area contributed by atoms with Gasteiger partial charge in [0.05, 0.1) is 11.1 Å². The summed E-state index contributed by atoms with van der Waals surface area (Å²) in [7, 11) is 0. The highest BCUT2D eigenvalue weighted by Crippen LogP contribution is 2.24. The van der Waals surface area contributed by atoms with E-state index in [0.29, 0.717) is 11.3 Å². The van der Waals surface area contributed by atoms with Crippen molar-refractivity contribution in [3.05, 3.63) is 68.2 Å². The van der Waals surface area contributed by atoms with Crippen LogP contribution in [0.1, 0.15) is 16.7 Å².